The molecule has 1 unspecified atom stereocenters. The van der Waals surface area contributed by atoms with Gasteiger partial charge in [0.15, 0.2) is 0 Å². The predicted octanol–water partition coefficient (Wildman–Crippen LogP) is 1.13. The summed E-state index contributed by atoms with van der Waals surface area (Å²) in [6, 6.07) is 10.1. The number of hydrogen-bond acceptors (Lipinski definition) is 3. The largest absolute Gasteiger partial charge is 0.380 e. The van der Waals surface area contributed by atoms with E-state index in [0.717, 1.165) is 6.42 Å². The molecular weight excluding hydrogens is 252 g/mol. The van der Waals surface area contributed by atoms with Crippen molar-refractivity contribution in [3.63, 3.8) is 0 Å². The molecule has 0 saturated carbocycles. The second-order valence-electron chi connectivity index (χ2n) is 3.88. The highest BCUT2D eigenvalue weighted by atomic mass is 35.5. The van der Waals surface area contributed by atoms with E-state index in [1.807, 2.05) is 30.3 Å². The number of benzene rings is 1. The van der Waals surface area contributed by atoms with Crippen molar-refractivity contribution in [1.82, 2.24) is 5.32 Å². The van der Waals surface area contributed by atoms with Gasteiger partial charge in [-0.15, -0.1) is 12.4 Å². The molecule has 0 aliphatic carbocycles. The Labute approximate surface area is 114 Å². The Bertz CT molecular complexity index is 329. The number of carbonyl (C=O) groups excluding carboxylic acids is 1. The van der Waals surface area contributed by atoms with Crippen molar-refractivity contribution in [3.8, 4) is 0 Å². The van der Waals surface area contributed by atoms with E-state index in [1.54, 1.807) is 7.11 Å². The van der Waals surface area contributed by atoms with E-state index in [0.29, 0.717) is 19.5 Å². The Balaban J connectivity index is 0.00000289. The van der Waals surface area contributed by atoms with Crippen molar-refractivity contribution in [2.45, 2.75) is 18.9 Å². The quantitative estimate of drug-likeness (QED) is 0.782. The van der Waals surface area contributed by atoms with E-state index < -0.39 is 0 Å². The van der Waals surface area contributed by atoms with E-state index in [-0.39, 0.29) is 24.4 Å². The first-order chi connectivity index (χ1) is 8.26. The number of carbonyl (C=O) groups is 1. The van der Waals surface area contributed by atoms with Crippen LogP contribution in [-0.2, 0) is 16.0 Å². The molecule has 0 saturated heterocycles. The monoisotopic (exact) mass is 272 g/mol. The lowest BCUT2D eigenvalue weighted by atomic mass is 10.1. The zero-order valence-corrected chi connectivity index (χ0v) is 11.4. The van der Waals surface area contributed by atoms with Gasteiger partial charge in [0.1, 0.15) is 0 Å². The van der Waals surface area contributed by atoms with Crippen molar-refractivity contribution in [2.24, 2.45) is 5.73 Å². The lowest BCUT2D eigenvalue weighted by molar-refractivity contribution is -0.123. The summed E-state index contributed by atoms with van der Waals surface area (Å²) in [7, 11) is 1.56. The molecule has 1 aromatic carbocycles. The number of rotatable bonds is 7. The maximum Gasteiger partial charge on any atom is 0.222 e. The van der Waals surface area contributed by atoms with Crippen LogP contribution < -0.4 is 11.1 Å². The van der Waals surface area contributed by atoms with Gasteiger partial charge in [0.25, 0.3) is 0 Å². The second kappa shape index (κ2) is 9.88. The Hall–Kier alpha value is -1.10. The molecule has 0 bridgehead atoms. The third-order valence-corrected chi connectivity index (χ3v) is 2.59. The third kappa shape index (κ3) is 6.59. The van der Waals surface area contributed by atoms with Crippen molar-refractivity contribution in [3.05, 3.63) is 35.9 Å². The summed E-state index contributed by atoms with van der Waals surface area (Å²) in [5.74, 6) is -0.0155. The summed E-state index contributed by atoms with van der Waals surface area (Å²) in [5, 5.41) is 2.86. The van der Waals surface area contributed by atoms with Gasteiger partial charge >= 0.3 is 0 Å². The van der Waals surface area contributed by atoms with Crippen LogP contribution in [0.2, 0.25) is 0 Å². The lowest BCUT2D eigenvalue weighted by Crippen LogP contribution is -2.33. The molecule has 1 aromatic rings. The Morgan fingerprint density at radius 2 is 2.06 bits per heavy atom. The molecular formula is C13H21ClN2O2. The number of methoxy groups -OCH3 is 1. The number of halogens is 1. The molecule has 0 aromatic heterocycles. The van der Waals surface area contributed by atoms with Crippen LogP contribution in [0.5, 0.6) is 0 Å². The average Bonchev–Trinajstić information content (AvgIpc) is 2.37. The van der Waals surface area contributed by atoms with Crippen molar-refractivity contribution < 1.29 is 9.53 Å². The van der Waals surface area contributed by atoms with Crippen molar-refractivity contribution in [2.75, 3.05) is 20.2 Å². The summed E-state index contributed by atoms with van der Waals surface area (Å²) >= 11 is 0. The summed E-state index contributed by atoms with van der Waals surface area (Å²) in [6.07, 6.45) is 0.973. The van der Waals surface area contributed by atoms with Crippen LogP contribution in [0.15, 0.2) is 30.3 Å². The summed E-state index contributed by atoms with van der Waals surface area (Å²) in [5.41, 5.74) is 6.66. The van der Waals surface area contributed by atoms with Gasteiger partial charge in [-0.1, -0.05) is 30.3 Å². The van der Waals surface area contributed by atoms with Gasteiger partial charge in [0.05, 0.1) is 12.5 Å². The highest BCUT2D eigenvalue weighted by Gasteiger charge is 2.10. The normalized spacial score (nSPS) is 11.4. The molecule has 18 heavy (non-hydrogen) atoms. The van der Waals surface area contributed by atoms with Crippen LogP contribution in [-0.4, -0.2) is 32.2 Å². The highest BCUT2D eigenvalue weighted by Crippen LogP contribution is 1.99. The topological polar surface area (TPSA) is 64.3 Å². The van der Waals surface area contributed by atoms with Gasteiger partial charge in [-0.3, -0.25) is 4.79 Å². The van der Waals surface area contributed by atoms with Crippen molar-refractivity contribution in [1.29, 1.82) is 0 Å². The van der Waals surface area contributed by atoms with E-state index in [4.69, 9.17) is 10.5 Å². The number of nitrogens with two attached hydrogens (primary N) is 1. The summed E-state index contributed by atoms with van der Waals surface area (Å²) in [6.45, 7) is 1.01. The maximum absolute atomic E-state index is 11.5. The van der Waals surface area contributed by atoms with Gasteiger partial charge < -0.3 is 15.8 Å². The maximum atomic E-state index is 11.5. The molecule has 5 heteroatoms. The molecule has 1 atom stereocenters. The molecule has 3 N–H and O–H groups in total. The van der Waals surface area contributed by atoms with Gasteiger partial charge in [-0.2, -0.15) is 0 Å². The van der Waals surface area contributed by atoms with Gasteiger partial charge in [0.2, 0.25) is 5.91 Å². The van der Waals surface area contributed by atoms with Crippen LogP contribution in [0.4, 0.5) is 0 Å². The summed E-state index contributed by atoms with van der Waals surface area (Å²) in [4.78, 5) is 11.5. The fraction of sp³-hybridized carbons (Fsp3) is 0.462. The van der Waals surface area contributed by atoms with Crippen LogP contribution in [0, 0.1) is 0 Å². The minimum Gasteiger partial charge on any atom is -0.380 e. The average molecular weight is 273 g/mol. The third-order valence-electron chi connectivity index (χ3n) is 2.59. The Kier molecular flexibility index (Phi) is 9.28. The van der Waals surface area contributed by atoms with E-state index in [2.05, 4.69) is 5.32 Å². The van der Waals surface area contributed by atoms with Gasteiger partial charge in [-0.05, 0) is 12.0 Å². The first-order valence-electron chi connectivity index (χ1n) is 5.79. The van der Waals surface area contributed by atoms with E-state index in [9.17, 15) is 4.79 Å². The zero-order valence-electron chi connectivity index (χ0n) is 10.6. The predicted molar refractivity (Wildman–Crippen MR) is 74.9 cm³/mol. The first kappa shape index (κ1) is 16.9. The van der Waals surface area contributed by atoms with Crippen molar-refractivity contribution >= 4 is 18.3 Å². The highest BCUT2D eigenvalue weighted by molar-refractivity contribution is 5.85. The van der Waals surface area contributed by atoms with Gasteiger partial charge in [-0.25, -0.2) is 0 Å². The lowest BCUT2D eigenvalue weighted by Gasteiger charge is -2.12. The molecule has 4 nitrogen and oxygen atoms in total. The standard InChI is InChI=1S/C13H20N2O2.ClH/c1-17-12(10-14)9-13(16)15-8-7-11-5-3-2-4-6-11;/h2-6,12H,7-10,14H2,1H3,(H,15,16);1H. The molecule has 0 radical (unpaired) electrons. The van der Waals surface area contributed by atoms with Crippen LogP contribution >= 0.6 is 12.4 Å². The zero-order chi connectivity index (χ0) is 12.5. The molecule has 102 valence electrons. The van der Waals surface area contributed by atoms with Crippen LogP contribution in [0.3, 0.4) is 0 Å². The van der Waals surface area contributed by atoms with Gasteiger partial charge in [0, 0.05) is 20.2 Å². The SMILES string of the molecule is COC(CN)CC(=O)NCCc1ccccc1.Cl. The minimum atomic E-state index is -0.188. The number of nitrogens with one attached hydrogen (secondary N) is 1. The molecule has 1 rings (SSSR count). The molecule has 0 heterocycles. The van der Waals surface area contributed by atoms with Crippen LogP contribution in [0.1, 0.15) is 12.0 Å². The van der Waals surface area contributed by atoms with Crippen LogP contribution in [0.25, 0.3) is 0 Å². The molecule has 0 spiro atoms. The molecule has 0 aliphatic rings. The van der Waals surface area contributed by atoms with E-state index in [1.165, 1.54) is 5.56 Å². The Morgan fingerprint density at radius 3 is 2.61 bits per heavy atom. The summed E-state index contributed by atoms with van der Waals surface area (Å²) < 4.78 is 5.05. The molecule has 0 fully saturated rings. The first-order valence-corrected chi connectivity index (χ1v) is 5.79. The second-order valence-corrected chi connectivity index (χ2v) is 3.88. The number of amides is 1. The minimum absolute atomic E-state index is 0. The number of ether oxygens (including phenoxy) is 1. The number of hydrogen-bond donors (Lipinski definition) is 2. The fourth-order valence-electron chi connectivity index (χ4n) is 1.53. The molecule has 0 aliphatic heterocycles. The van der Waals surface area contributed by atoms with E-state index >= 15 is 0 Å². The molecule has 1 amide bonds. The smallest absolute Gasteiger partial charge is 0.222 e. The Morgan fingerprint density at radius 1 is 1.39 bits per heavy atom. The fourth-order valence-corrected chi connectivity index (χ4v) is 1.53.